The highest BCUT2D eigenvalue weighted by Crippen LogP contribution is 2.28. The van der Waals surface area contributed by atoms with Crippen LogP contribution in [-0.4, -0.2) is 77.7 Å². The fourth-order valence-corrected chi connectivity index (χ4v) is 4.23. The highest BCUT2D eigenvalue weighted by molar-refractivity contribution is 6.37. The summed E-state index contributed by atoms with van der Waals surface area (Å²) >= 11 is 0. The number of nitrogens with one attached hydrogen (secondary N) is 3. The van der Waals surface area contributed by atoms with E-state index in [-0.39, 0.29) is 37.5 Å². The average molecular weight is 540 g/mol. The third kappa shape index (κ3) is 9.94. The molecule has 38 heavy (non-hydrogen) atoms. The quantitative estimate of drug-likeness (QED) is 0.210. The Balaban J connectivity index is 3.07. The Kier molecular flexibility index (Phi) is 12.2. The third-order valence-corrected chi connectivity index (χ3v) is 6.46. The summed E-state index contributed by atoms with van der Waals surface area (Å²) in [6.45, 7) is 14.3. The highest BCUT2D eigenvalue weighted by Gasteiger charge is 2.44. The Morgan fingerprint density at radius 3 is 2.16 bits per heavy atom. The number of primary amides is 1. The molecule has 1 aliphatic rings. The molecule has 0 bridgehead atoms. The first-order chi connectivity index (χ1) is 17.5. The van der Waals surface area contributed by atoms with Gasteiger partial charge in [-0.15, -0.1) is 0 Å². The van der Waals surface area contributed by atoms with Gasteiger partial charge in [0.15, 0.2) is 0 Å². The number of likely N-dealkylation sites (tertiary alicyclic amines) is 1. The molecular formula is C26H45N5O7. The number of hydrogen-bond acceptors (Lipinski definition) is 7. The molecule has 0 aromatic rings. The fourth-order valence-electron chi connectivity index (χ4n) is 4.23. The topological polar surface area (TPSA) is 177 Å². The molecule has 0 aliphatic carbocycles. The molecule has 5 unspecified atom stereocenters. The van der Waals surface area contributed by atoms with Gasteiger partial charge in [-0.25, -0.2) is 4.79 Å². The van der Waals surface area contributed by atoms with Crippen LogP contribution in [0.25, 0.3) is 0 Å². The second kappa shape index (κ2) is 14.1. The maximum absolute atomic E-state index is 13.7. The van der Waals surface area contributed by atoms with E-state index in [0.29, 0.717) is 6.42 Å². The number of carbonyl (C=O) groups is 6. The number of hydrogen-bond donors (Lipinski definition) is 4. The summed E-state index contributed by atoms with van der Waals surface area (Å²) in [5.41, 5.74) is 4.47. The average Bonchev–Trinajstić information content (AvgIpc) is 3.20. The number of amides is 5. The zero-order chi connectivity index (χ0) is 29.4. The van der Waals surface area contributed by atoms with E-state index in [1.165, 1.54) is 4.90 Å². The molecule has 5 atom stereocenters. The van der Waals surface area contributed by atoms with E-state index in [4.69, 9.17) is 10.5 Å². The largest absolute Gasteiger partial charge is 0.462 e. The minimum atomic E-state index is -1.13. The van der Waals surface area contributed by atoms with Gasteiger partial charge in [0.25, 0.3) is 5.91 Å². The van der Waals surface area contributed by atoms with Crippen LogP contribution in [0.4, 0.5) is 4.79 Å². The van der Waals surface area contributed by atoms with Crippen LogP contribution < -0.4 is 21.7 Å². The van der Waals surface area contributed by atoms with Crippen molar-refractivity contribution in [2.24, 2.45) is 23.0 Å². The van der Waals surface area contributed by atoms with Crippen molar-refractivity contribution in [1.29, 1.82) is 0 Å². The van der Waals surface area contributed by atoms with Crippen molar-refractivity contribution in [2.45, 2.75) is 98.9 Å². The number of rotatable bonds is 12. The summed E-state index contributed by atoms with van der Waals surface area (Å²) < 4.78 is 4.99. The normalized spacial score (nSPS) is 19.8. The van der Waals surface area contributed by atoms with E-state index in [9.17, 15) is 28.8 Å². The van der Waals surface area contributed by atoms with Gasteiger partial charge in [0.05, 0.1) is 12.1 Å². The summed E-state index contributed by atoms with van der Waals surface area (Å²) in [4.78, 5) is 76.7. The second-order valence-electron chi connectivity index (χ2n) is 11.6. The number of urea groups is 1. The van der Waals surface area contributed by atoms with Crippen LogP contribution in [0, 0.1) is 17.3 Å². The molecule has 0 aromatic heterocycles. The van der Waals surface area contributed by atoms with Crippen molar-refractivity contribution >= 4 is 35.5 Å². The molecule has 1 fully saturated rings. The van der Waals surface area contributed by atoms with Crippen LogP contribution in [0.5, 0.6) is 0 Å². The molecule has 0 aromatic carbocycles. The molecule has 0 spiro atoms. The standard InChI is InChI=1S/C26H45N5O7/c1-9-15(4)10-17(20(33)22(27)34)29-23(35)18-11-16(5)13-31(18)24(36)21(26(6,7)8)30-25(37)28-12-19(32)38-14(2)3/h14-18,21H,9-13H2,1-8H3,(H2,27,34)(H,29,35)(H2,28,30,37). The summed E-state index contributed by atoms with van der Waals surface area (Å²) in [7, 11) is 0. The van der Waals surface area contributed by atoms with E-state index in [0.717, 1.165) is 6.42 Å². The van der Waals surface area contributed by atoms with Crippen LogP contribution in [-0.2, 0) is 28.7 Å². The zero-order valence-corrected chi connectivity index (χ0v) is 23.9. The van der Waals surface area contributed by atoms with Gasteiger partial charge in [-0.2, -0.15) is 0 Å². The lowest BCUT2D eigenvalue weighted by Gasteiger charge is -2.35. The van der Waals surface area contributed by atoms with Crippen molar-refractivity contribution in [3.8, 4) is 0 Å². The summed E-state index contributed by atoms with van der Waals surface area (Å²) in [6.07, 6.45) is 0.994. The van der Waals surface area contributed by atoms with Gasteiger partial charge in [0.1, 0.15) is 18.6 Å². The molecule has 1 rings (SSSR count). The Morgan fingerprint density at radius 1 is 1.05 bits per heavy atom. The van der Waals surface area contributed by atoms with Crippen molar-refractivity contribution in [3.05, 3.63) is 0 Å². The first-order valence-electron chi connectivity index (χ1n) is 13.2. The maximum atomic E-state index is 13.7. The van der Waals surface area contributed by atoms with Crippen molar-refractivity contribution < 1.29 is 33.5 Å². The van der Waals surface area contributed by atoms with E-state index in [1.807, 2.05) is 20.8 Å². The van der Waals surface area contributed by atoms with Gasteiger partial charge < -0.3 is 31.3 Å². The van der Waals surface area contributed by atoms with Crippen LogP contribution in [0.3, 0.4) is 0 Å². The lowest BCUT2D eigenvalue weighted by molar-refractivity contribution is -0.146. The van der Waals surface area contributed by atoms with Crippen LogP contribution in [0.1, 0.15) is 74.7 Å². The van der Waals surface area contributed by atoms with Gasteiger partial charge in [-0.3, -0.25) is 24.0 Å². The molecule has 0 radical (unpaired) electrons. The monoisotopic (exact) mass is 539 g/mol. The number of ketones is 1. The molecular weight excluding hydrogens is 494 g/mol. The van der Waals surface area contributed by atoms with Gasteiger partial charge in [-0.05, 0) is 43.9 Å². The Labute approximate surface area is 225 Å². The van der Waals surface area contributed by atoms with Gasteiger partial charge in [0, 0.05) is 6.54 Å². The lowest BCUT2D eigenvalue weighted by atomic mass is 9.85. The number of ether oxygens (including phenoxy) is 1. The summed E-state index contributed by atoms with van der Waals surface area (Å²) in [5, 5.41) is 7.67. The first-order valence-corrected chi connectivity index (χ1v) is 13.2. The predicted octanol–water partition coefficient (Wildman–Crippen LogP) is 0.864. The van der Waals surface area contributed by atoms with E-state index in [2.05, 4.69) is 16.0 Å². The smallest absolute Gasteiger partial charge is 0.325 e. The minimum absolute atomic E-state index is 0.0187. The van der Waals surface area contributed by atoms with Gasteiger partial charge in [0.2, 0.25) is 17.6 Å². The molecule has 1 aliphatic heterocycles. The molecule has 12 nitrogen and oxygen atoms in total. The Hall–Kier alpha value is -3.18. The number of esters is 1. The predicted molar refractivity (Wildman–Crippen MR) is 140 cm³/mol. The number of nitrogens with two attached hydrogens (primary N) is 1. The van der Waals surface area contributed by atoms with Crippen LogP contribution >= 0.6 is 0 Å². The second-order valence-corrected chi connectivity index (χ2v) is 11.6. The van der Waals surface area contributed by atoms with Crippen molar-refractivity contribution in [3.63, 3.8) is 0 Å². The molecule has 5 amide bonds. The zero-order valence-electron chi connectivity index (χ0n) is 23.9. The minimum Gasteiger partial charge on any atom is -0.462 e. The lowest BCUT2D eigenvalue weighted by Crippen LogP contribution is -2.60. The van der Waals surface area contributed by atoms with E-state index < -0.39 is 59.0 Å². The molecule has 5 N–H and O–H groups in total. The SMILES string of the molecule is CCC(C)CC(NC(=O)C1CC(C)CN1C(=O)C(NC(=O)NCC(=O)OC(C)C)C(C)(C)C)C(=O)C(N)=O. The maximum Gasteiger partial charge on any atom is 0.325 e. The van der Waals surface area contributed by atoms with Crippen molar-refractivity contribution in [2.75, 3.05) is 13.1 Å². The number of Topliss-reactive ketones (excluding diaryl/α,β-unsaturated/α-hetero) is 1. The fraction of sp³-hybridized carbons (Fsp3) is 0.769. The molecule has 216 valence electrons. The third-order valence-electron chi connectivity index (χ3n) is 6.46. The first kappa shape index (κ1) is 32.8. The molecule has 12 heteroatoms. The highest BCUT2D eigenvalue weighted by atomic mass is 16.5. The van der Waals surface area contributed by atoms with E-state index in [1.54, 1.807) is 34.6 Å². The number of carbonyl (C=O) groups excluding carboxylic acids is 6. The summed E-state index contributed by atoms with van der Waals surface area (Å²) in [5.74, 6) is -3.63. The van der Waals surface area contributed by atoms with E-state index >= 15 is 0 Å². The Bertz CT molecular complexity index is 899. The van der Waals surface area contributed by atoms with Gasteiger partial charge in [-0.1, -0.05) is 48.0 Å². The van der Waals surface area contributed by atoms with Crippen LogP contribution in [0.2, 0.25) is 0 Å². The molecule has 1 heterocycles. The number of nitrogens with zero attached hydrogens (tertiary/aromatic N) is 1. The van der Waals surface area contributed by atoms with Gasteiger partial charge >= 0.3 is 12.0 Å². The molecule has 0 saturated carbocycles. The van der Waals surface area contributed by atoms with Crippen LogP contribution in [0.15, 0.2) is 0 Å². The molecule has 1 saturated heterocycles. The van der Waals surface area contributed by atoms with Crippen molar-refractivity contribution in [1.82, 2.24) is 20.9 Å². The summed E-state index contributed by atoms with van der Waals surface area (Å²) in [6, 6.07) is -3.73. The Morgan fingerprint density at radius 2 is 1.66 bits per heavy atom.